The number of benzene rings is 3. The van der Waals surface area contributed by atoms with Crippen molar-refractivity contribution in [1.29, 1.82) is 0 Å². The second kappa shape index (κ2) is 11.9. The predicted molar refractivity (Wildman–Crippen MR) is 133 cm³/mol. The van der Waals surface area contributed by atoms with Crippen LogP contribution >= 0.6 is 0 Å². The molecule has 0 aromatic heterocycles. The van der Waals surface area contributed by atoms with Gasteiger partial charge in [-0.2, -0.15) is 0 Å². The molecule has 3 aromatic rings. The molecule has 3 rings (SSSR count). The van der Waals surface area contributed by atoms with Crippen molar-refractivity contribution in [2.24, 2.45) is 0 Å². The van der Waals surface area contributed by atoms with Crippen molar-refractivity contribution in [3.63, 3.8) is 0 Å². The Kier molecular flexibility index (Phi) is 8.68. The summed E-state index contributed by atoms with van der Waals surface area (Å²) < 4.78 is 11.2. The first-order valence-corrected chi connectivity index (χ1v) is 11.3. The van der Waals surface area contributed by atoms with Crippen molar-refractivity contribution in [2.45, 2.75) is 32.9 Å². The van der Waals surface area contributed by atoms with Gasteiger partial charge in [0.2, 0.25) is 5.91 Å². The lowest BCUT2D eigenvalue weighted by Crippen LogP contribution is -2.51. The molecule has 0 saturated heterocycles. The monoisotopic (exact) mass is 460 g/mol. The van der Waals surface area contributed by atoms with Crippen LogP contribution in [0.1, 0.15) is 22.3 Å². The first kappa shape index (κ1) is 24.8. The highest BCUT2D eigenvalue weighted by Crippen LogP contribution is 2.21. The molecular formula is C28H32N2O4. The van der Waals surface area contributed by atoms with Crippen molar-refractivity contribution in [3.8, 4) is 11.5 Å². The molecule has 2 amide bonds. The molecule has 0 aliphatic carbocycles. The summed E-state index contributed by atoms with van der Waals surface area (Å²) in [5, 5.41) is 2.72. The fraction of sp³-hybridized carbons (Fsp3) is 0.286. The van der Waals surface area contributed by atoms with Gasteiger partial charge in [-0.25, -0.2) is 0 Å². The SMILES string of the molecule is CNC(=O)[C@@H](Cc1ccccc1)N(Cc1cccc(OC)c1)C(=O)COc1ccc(C)cc1C. The van der Waals surface area contributed by atoms with Crippen LogP contribution in [0.15, 0.2) is 72.8 Å². The number of ether oxygens (including phenoxy) is 2. The second-order valence-electron chi connectivity index (χ2n) is 8.25. The van der Waals surface area contributed by atoms with Crippen LogP contribution in [0.3, 0.4) is 0 Å². The number of nitrogens with zero attached hydrogens (tertiary/aromatic N) is 1. The van der Waals surface area contributed by atoms with Crippen LogP contribution in [0.2, 0.25) is 0 Å². The molecule has 34 heavy (non-hydrogen) atoms. The van der Waals surface area contributed by atoms with Gasteiger partial charge in [-0.05, 0) is 48.7 Å². The Morgan fingerprint density at radius 1 is 0.941 bits per heavy atom. The maximum absolute atomic E-state index is 13.5. The Morgan fingerprint density at radius 2 is 1.68 bits per heavy atom. The van der Waals surface area contributed by atoms with Gasteiger partial charge in [-0.1, -0.05) is 60.2 Å². The van der Waals surface area contributed by atoms with Crippen LogP contribution in [0.5, 0.6) is 11.5 Å². The summed E-state index contributed by atoms with van der Waals surface area (Å²) >= 11 is 0. The number of likely N-dealkylation sites (N-methyl/N-ethyl adjacent to an activating group) is 1. The molecule has 1 atom stereocenters. The van der Waals surface area contributed by atoms with E-state index >= 15 is 0 Å². The Balaban J connectivity index is 1.89. The molecule has 0 aliphatic rings. The smallest absolute Gasteiger partial charge is 0.261 e. The van der Waals surface area contributed by atoms with E-state index < -0.39 is 6.04 Å². The van der Waals surface area contributed by atoms with Crippen LogP contribution in [0, 0.1) is 13.8 Å². The van der Waals surface area contributed by atoms with Gasteiger partial charge in [0.05, 0.1) is 7.11 Å². The molecule has 0 spiro atoms. The first-order chi connectivity index (χ1) is 16.4. The molecule has 0 unspecified atom stereocenters. The summed E-state index contributed by atoms with van der Waals surface area (Å²) in [7, 11) is 3.18. The van der Waals surface area contributed by atoms with Gasteiger partial charge < -0.3 is 19.7 Å². The normalized spacial score (nSPS) is 11.4. The fourth-order valence-corrected chi connectivity index (χ4v) is 3.87. The Labute approximate surface area is 201 Å². The number of hydrogen-bond acceptors (Lipinski definition) is 4. The molecule has 0 saturated carbocycles. The highest BCUT2D eigenvalue weighted by molar-refractivity contribution is 5.88. The van der Waals surface area contributed by atoms with E-state index in [1.54, 1.807) is 19.1 Å². The zero-order chi connectivity index (χ0) is 24.5. The van der Waals surface area contributed by atoms with E-state index in [0.29, 0.717) is 17.9 Å². The van der Waals surface area contributed by atoms with Gasteiger partial charge >= 0.3 is 0 Å². The molecule has 6 nitrogen and oxygen atoms in total. The van der Waals surface area contributed by atoms with Gasteiger partial charge in [-0.3, -0.25) is 9.59 Å². The van der Waals surface area contributed by atoms with Crippen LogP contribution < -0.4 is 14.8 Å². The zero-order valence-corrected chi connectivity index (χ0v) is 20.2. The van der Waals surface area contributed by atoms with Crippen molar-refractivity contribution >= 4 is 11.8 Å². The summed E-state index contributed by atoms with van der Waals surface area (Å²) in [6.07, 6.45) is 0.389. The van der Waals surface area contributed by atoms with E-state index in [-0.39, 0.29) is 25.0 Å². The third kappa shape index (κ3) is 6.61. The molecule has 0 bridgehead atoms. The number of hydrogen-bond donors (Lipinski definition) is 1. The molecule has 0 heterocycles. The van der Waals surface area contributed by atoms with Crippen molar-refractivity contribution in [2.75, 3.05) is 20.8 Å². The largest absolute Gasteiger partial charge is 0.497 e. The van der Waals surface area contributed by atoms with Gasteiger partial charge in [0.15, 0.2) is 6.61 Å². The average molecular weight is 461 g/mol. The second-order valence-corrected chi connectivity index (χ2v) is 8.25. The number of carbonyl (C=O) groups is 2. The van der Waals surface area contributed by atoms with E-state index in [2.05, 4.69) is 5.32 Å². The minimum atomic E-state index is -0.700. The van der Waals surface area contributed by atoms with Crippen LogP contribution in [-0.4, -0.2) is 43.5 Å². The Hall–Kier alpha value is -3.80. The quantitative estimate of drug-likeness (QED) is 0.495. The highest BCUT2D eigenvalue weighted by atomic mass is 16.5. The van der Waals surface area contributed by atoms with E-state index in [0.717, 1.165) is 22.3 Å². The number of rotatable bonds is 10. The molecular weight excluding hydrogens is 428 g/mol. The predicted octanol–water partition coefficient (Wildman–Crippen LogP) is 4.08. The van der Waals surface area contributed by atoms with Gasteiger partial charge in [0, 0.05) is 20.0 Å². The molecule has 0 aliphatic heterocycles. The summed E-state index contributed by atoms with van der Waals surface area (Å²) in [5.74, 6) is 0.842. The third-order valence-electron chi connectivity index (χ3n) is 5.69. The Morgan fingerprint density at radius 3 is 2.35 bits per heavy atom. The van der Waals surface area contributed by atoms with Crippen molar-refractivity contribution < 1.29 is 19.1 Å². The number of nitrogens with one attached hydrogen (secondary N) is 1. The summed E-state index contributed by atoms with van der Waals surface area (Å²) in [6.45, 7) is 4.03. The molecule has 1 N–H and O–H groups in total. The summed E-state index contributed by atoms with van der Waals surface area (Å²) in [5.41, 5.74) is 3.91. The van der Waals surface area contributed by atoms with E-state index in [1.807, 2.05) is 86.6 Å². The minimum Gasteiger partial charge on any atom is -0.497 e. The maximum Gasteiger partial charge on any atom is 0.261 e. The molecule has 0 radical (unpaired) electrons. The van der Waals surface area contributed by atoms with E-state index in [4.69, 9.17) is 9.47 Å². The zero-order valence-electron chi connectivity index (χ0n) is 20.2. The highest BCUT2D eigenvalue weighted by Gasteiger charge is 2.30. The molecule has 0 fully saturated rings. The number of amides is 2. The topological polar surface area (TPSA) is 67.9 Å². The Bertz CT molecular complexity index is 1110. The summed E-state index contributed by atoms with van der Waals surface area (Å²) in [6, 6.07) is 22.3. The lowest BCUT2D eigenvalue weighted by Gasteiger charge is -2.31. The number of carbonyl (C=O) groups excluding carboxylic acids is 2. The van der Waals surface area contributed by atoms with E-state index in [9.17, 15) is 9.59 Å². The van der Waals surface area contributed by atoms with Crippen LogP contribution in [0.4, 0.5) is 0 Å². The van der Waals surface area contributed by atoms with Gasteiger partial charge in [0.25, 0.3) is 5.91 Å². The molecule has 178 valence electrons. The third-order valence-corrected chi connectivity index (χ3v) is 5.69. The number of aryl methyl sites for hydroxylation is 2. The summed E-state index contributed by atoms with van der Waals surface area (Å²) in [4.78, 5) is 28.1. The van der Waals surface area contributed by atoms with Crippen LogP contribution in [-0.2, 0) is 22.6 Å². The van der Waals surface area contributed by atoms with Crippen LogP contribution in [0.25, 0.3) is 0 Å². The van der Waals surface area contributed by atoms with Gasteiger partial charge in [-0.15, -0.1) is 0 Å². The van der Waals surface area contributed by atoms with E-state index in [1.165, 1.54) is 0 Å². The number of methoxy groups -OCH3 is 1. The first-order valence-electron chi connectivity index (χ1n) is 11.3. The average Bonchev–Trinajstić information content (AvgIpc) is 2.85. The van der Waals surface area contributed by atoms with Crippen molar-refractivity contribution in [3.05, 3.63) is 95.1 Å². The lowest BCUT2D eigenvalue weighted by atomic mass is 10.0. The van der Waals surface area contributed by atoms with Crippen molar-refractivity contribution in [1.82, 2.24) is 10.2 Å². The van der Waals surface area contributed by atoms with Gasteiger partial charge in [0.1, 0.15) is 17.5 Å². The fourth-order valence-electron chi connectivity index (χ4n) is 3.87. The standard InChI is InChI=1S/C28H32N2O4/c1-20-13-14-26(21(2)15-20)34-19-27(31)30(18-23-11-8-12-24(16-23)33-4)25(28(32)29-3)17-22-9-6-5-7-10-22/h5-16,25H,17-19H2,1-4H3,(H,29,32)/t25-/m1/s1. The minimum absolute atomic E-state index is 0.170. The lowest BCUT2D eigenvalue weighted by molar-refractivity contribution is -0.142. The molecule has 6 heteroatoms. The maximum atomic E-state index is 13.5. The molecule has 3 aromatic carbocycles.